The molecule has 20 heavy (non-hydrogen) atoms. The van der Waals surface area contributed by atoms with Crippen molar-refractivity contribution in [1.29, 1.82) is 0 Å². The minimum Gasteiger partial charge on any atom is -0.342 e. The van der Waals surface area contributed by atoms with Crippen molar-refractivity contribution in [3.63, 3.8) is 0 Å². The van der Waals surface area contributed by atoms with E-state index < -0.39 is 9.84 Å². The number of sulfone groups is 1. The molecule has 2 rings (SSSR count). The van der Waals surface area contributed by atoms with E-state index in [2.05, 4.69) is 0 Å². The van der Waals surface area contributed by atoms with E-state index in [1.54, 1.807) is 11.9 Å². The number of amides is 1. The number of hydrogen-bond acceptors (Lipinski definition) is 4. The first-order chi connectivity index (χ1) is 9.37. The normalized spacial score (nSPS) is 28.2. The van der Waals surface area contributed by atoms with Crippen molar-refractivity contribution in [2.75, 3.05) is 25.1 Å². The van der Waals surface area contributed by atoms with E-state index in [0.29, 0.717) is 19.4 Å². The zero-order valence-electron chi connectivity index (χ0n) is 12.3. The Balaban J connectivity index is 1.97. The van der Waals surface area contributed by atoms with Gasteiger partial charge in [0.05, 0.1) is 11.5 Å². The number of carbonyl (C=O) groups excluding carboxylic acids is 1. The number of nitrogens with two attached hydrogens (primary N) is 1. The van der Waals surface area contributed by atoms with Crippen molar-refractivity contribution in [3.8, 4) is 0 Å². The SMILES string of the molecule is CN(C(=O)CC1(CN)CCCCC1)C1CCS(=O)(=O)C1. The summed E-state index contributed by atoms with van der Waals surface area (Å²) < 4.78 is 23.0. The third kappa shape index (κ3) is 3.52. The highest BCUT2D eigenvalue weighted by atomic mass is 32.2. The van der Waals surface area contributed by atoms with Crippen LogP contribution in [-0.4, -0.2) is 50.4 Å². The van der Waals surface area contributed by atoms with Crippen molar-refractivity contribution in [2.24, 2.45) is 11.1 Å². The van der Waals surface area contributed by atoms with Gasteiger partial charge in [0.1, 0.15) is 0 Å². The average Bonchev–Trinajstić information content (AvgIpc) is 2.79. The molecule has 1 saturated heterocycles. The Morgan fingerprint density at radius 1 is 1.30 bits per heavy atom. The lowest BCUT2D eigenvalue weighted by atomic mass is 9.71. The van der Waals surface area contributed by atoms with E-state index in [-0.39, 0.29) is 28.9 Å². The molecule has 1 amide bonds. The second-order valence-electron chi connectivity index (χ2n) is 6.50. The number of nitrogens with zero attached hydrogens (tertiary/aromatic N) is 1. The largest absolute Gasteiger partial charge is 0.342 e. The molecule has 0 radical (unpaired) electrons. The van der Waals surface area contributed by atoms with Crippen LogP contribution in [0.5, 0.6) is 0 Å². The van der Waals surface area contributed by atoms with Crippen molar-refractivity contribution >= 4 is 15.7 Å². The smallest absolute Gasteiger partial charge is 0.223 e. The first-order valence-electron chi connectivity index (χ1n) is 7.54. The van der Waals surface area contributed by atoms with Gasteiger partial charge < -0.3 is 10.6 Å². The summed E-state index contributed by atoms with van der Waals surface area (Å²) in [6.07, 6.45) is 6.60. The highest BCUT2D eigenvalue weighted by Crippen LogP contribution is 2.39. The van der Waals surface area contributed by atoms with Crippen molar-refractivity contribution in [3.05, 3.63) is 0 Å². The molecule has 1 unspecified atom stereocenters. The Hall–Kier alpha value is -0.620. The van der Waals surface area contributed by atoms with Gasteiger partial charge >= 0.3 is 0 Å². The highest BCUT2D eigenvalue weighted by Gasteiger charge is 2.37. The summed E-state index contributed by atoms with van der Waals surface area (Å²) in [5.41, 5.74) is 5.86. The van der Waals surface area contributed by atoms with Gasteiger partial charge in [-0.3, -0.25) is 4.79 Å². The van der Waals surface area contributed by atoms with Crippen molar-refractivity contribution in [2.45, 2.75) is 51.0 Å². The summed E-state index contributed by atoms with van der Waals surface area (Å²) in [5, 5.41) is 0. The van der Waals surface area contributed by atoms with Gasteiger partial charge in [0.2, 0.25) is 5.91 Å². The van der Waals surface area contributed by atoms with E-state index in [1.807, 2.05) is 0 Å². The molecule has 1 aliphatic carbocycles. The summed E-state index contributed by atoms with van der Waals surface area (Å²) in [5.74, 6) is 0.377. The van der Waals surface area contributed by atoms with Gasteiger partial charge in [0.25, 0.3) is 0 Å². The maximum Gasteiger partial charge on any atom is 0.223 e. The third-order valence-electron chi connectivity index (χ3n) is 5.02. The lowest BCUT2D eigenvalue weighted by Crippen LogP contribution is -2.43. The Kier molecular flexibility index (Phi) is 4.74. The first-order valence-corrected chi connectivity index (χ1v) is 9.36. The summed E-state index contributed by atoms with van der Waals surface area (Å²) >= 11 is 0. The lowest BCUT2D eigenvalue weighted by molar-refractivity contribution is -0.134. The molecule has 0 aromatic rings. The molecule has 0 bridgehead atoms. The maximum absolute atomic E-state index is 12.4. The molecule has 1 heterocycles. The van der Waals surface area contributed by atoms with E-state index in [4.69, 9.17) is 5.73 Å². The van der Waals surface area contributed by atoms with Crippen LogP contribution in [0.15, 0.2) is 0 Å². The molecule has 1 saturated carbocycles. The molecule has 116 valence electrons. The van der Waals surface area contributed by atoms with Gasteiger partial charge in [0.15, 0.2) is 9.84 Å². The fraction of sp³-hybridized carbons (Fsp3) is 0.929. The zero-order chi connectivity index (χ0) is 14.8. The molecular formula is C14H26N2O3S. The topological polar surface area (TPSA) is 80.5 Å². The maximum atomic E-state index is 12.4. The third-order valence-corrected chi connectivity index (χ3v) is 6.77. The summed E-state index contributed by atoms with van der Waals surface area (Å²) in [6.45, 7) is 0.551. The number of hydrogen-bond donors (Lipinski definition) is 1. The molecule has 0 spiro atoms. The minimum atomic E-state index is -2.95. The molecular weight excluding hydrogens is 276 g/mol. The molecule has 1 aliphatic heterocycles. The summed E-state index contributed by atoms with van der Waals surface area (Å²) in [6, 6.07) is -0.147. The van der Waals surface area contributed by atoms with Crippen LogP contribution in [0.3, 0.4) is 0 Å². The Morgan fingerprint density at radius 3 is 2.45 bits per heavy atom. The van der Waals surface area contributed by atoms with Crippen LogP contribution < -0.4 is 5.73 Å². The van der Waals surface area contributed by atoms with Crippen LogP contribution in [0.4, 0.5) is 0 Å². The second kappa shape index (κ2) is 6.02. The van der Waals surface area contributed by atoms with Crippen molar-refractivity contribution < 1.29 is 13.2 Å². The standard InChI is InChI=1S/C14H26N2O3S/c1-16(12-5-8-20(18,19)10-12)13(17)9-14(11-15)6-3-2-4-7-14/h12H,2-11,15H2,1H3. The molecule has 0 aromatic heterocycles. The quantitative estimate of drug-likeness (QED) is 0.838. The highest BCUT2D eigenvalue weighted by molar-refractivity contribution is 7.91. The Labute approximate surface area is 121 Å². The summed E-state index contributed by atoms with van der Waals surface area (Å²) in [4.78, 5) is 14.1. The zero-order valence-corrected chi connectivity index (χ0v) is 13.1. The fourth-order valence-electron chi connectivity index (χ4n) is 3.48. The fourth-order valence-corrected chi connectivity index (χ4v) is 5.26. The number of rotatable bonds is 4. The Morgan fingerprint density at radius 2 is 1.95 bits per heavy atom. The molecule has 0 aromatic carbocycles. The molecule has 5 nitrogen and oxygen atoms in total. The van der Waals surface area contributed by atoms with Crippen LogP contribution in [0.1, 0.15) is 44.9 Å². The van der Waals surface area contributed by atoms with Crippen LogP contribution in [-0.2, 0) is 14.6 Å². The summed E-state index contributed by atoms with van der Waals surface area (Å²) in [7, 11) is -1.21. The first kappa shape index (κ1) is 15.8. The van der Waals surface area contributed by atoms with E-state index in [9.17, 15) is 13.2 Å². The average molecular weight is 302 g/mol. The predicted molar refractivity (Wildman–Crippen MR) is 79.0 cm³/mol. The molecule has 6 heteroatoms. The molecule has 1 atom stereocenters. The Bertz CT molecular complexity index is 455. The monoisotopic (exact) mass is 302 g/mol. The lowest BCUT2D eigenvalue weighted by Gasteiger charge is -2.37. The van der Waals surface area contributed by atoms with Crippen LogP contribution >= 0.6 is 0 Å². The molecule has 2 fully saturated rings. The molecule has 2 aliphatic rings. The van der Waals surface area contributed by atoms with Gasteiger partial charge in [-0.15, -0.1) is 0 Å². The van der Waals surface area contributed by atoms with E-state index >= 15 is 0 Å². The van der Waals surface area contributed by atoms with Crippen LogP contribution in [0.2, 0.25) is 0 Å². The minimum absolute atomic E-state index is 0.0545. The van der Waals surface area contributed by atoms with Gasteiger partial charge in [-0.05, 0) is 31.2 Å². The van der Waals surface area contributed by atoms with Gasteiger partial charge in [-0.2, -0.15) is 0 Å². The molecule has 2 N–H and O–H groups in total. The van der Waals surface area contributed by atoms with Gasteiger partial charge in [-0.1, -0.05) is 19.3 Å². The van der Waals surface area contributed by atoms with Gasteiger partial charge in [0, 0.05) is 19.5 Å². The van der Waals surface area contributed by atoms with Crippen LogP contribution in [0.25, 0.3) is 0 Å². The van der Waals surface area contributed by atoms with Crippen LogP contribution in [0, 0.1) is 5.41 Å². The van der Waals surface area contributed by atoms with Crippen molar-refractivity contribution in [1.82, 2.24) is 4.90 Å². The number of carbonyl (C=O) groups is 1. The second-order valence-corrected chi connectivity index (χ2v) is 8.73. The van der Waals surface area contributed by atoms with E-state index in [1.165, 1.54) is 6.42 Å². The predicted octanol–water partition coefficient (Wildman–Crippen LogP) is 0.931. The van der Waals surface area contributed by atoms with Gasteiger partial charge in [-0.25, -0.2) is 8.42 Å². The van der Waals surface area contributed by atoms with E-state index in [0.717, 1.165) is 25.7 Å².